The Morgan fingerprint density at radius 2 is 2.17 bits per heavy atom. The fourth-order valence-corrected chi connectivity index (χ4v) is 1.78. The van der Waals surface area contributed by atoms with Crippen molar-refractivity contribution in [2.45, 2.75) is 20.4 Å². The van der Waals surface area contributed by atoms with Crippen molar-refractivity contribution in [3.05, 3.63) is 51.6 Å². The minimum atomic E-state index is -0.467. The number of hydrogen-bond donors (Lipinski definition) is 1. The van der Waals surface area contributed by atoms with Crippen LogP contribution in [-0.2, 0) is 6.54 Å². The molecule has 0 radical (unpaired) electrons. The van der Waals surface area contributed by atoms with Crippen molar-refractivity contribution in [2.75, 3.05) is 5.73 Å². The number of aryl methyl sites for hydroxylation is 1. The number of para-hydroxylation sites is 1. The van der Waals surface area contributed by atoms with E-state index in [0.717, 1.165) is 17.0 Å². The Morgan fingerprint density at radius 3 is 2.72 bits per heavy atom. The van der Waals surface area contributed by atoms with E-state index in [1.807, 2.05) is 18.4 Å². The van der Waals surface area contributed by atoms with Gasteiger partial charge in [0.15, 0.2) is 0 Å². The number of hydrogen-bond acceptors (Lipinski definition) is 4. The zero-order valence-corrected chi connectivity index (χ0v) is 10.3. The molecule has 2 aromatic rings. The highest BCUT2D eigenvalue weighted by molar-refractivity contribution is 5.63. The number of nitro benzene ring substituents is 1. The molecule has 6 heteroatoms. The highest BCUT2D eigenvalue weighted by atomic mass is 16.6. The van der Waals surface area contributed by atoms with Gasteiger partial charge >= 0.3 is 0 Å². The van der Waals surface area contributed by atoms with Crippen molar-refractivity contribution in [3.63, 3.8) is 0 Å². The van der Waals surface area contributed by atoms with Gasteiger partial charge in [0.05, 0.1) is 23.5 Å². The lowest BCUT2D eigenvalue weighted by Gasteiger charge is -2.08. The molecule has 0 unspecified atom stereocenters. The molecular formula is C12H14N4O2. The van der Waals surface area contributed by atoms with Gasteiger partial charge in [0.2, 0.25) is 0 Å². The van der Waals surface area contributed by atoms with Crippen LogP contribution >= 0.6 is 0 Å². The average molecular weight is 246 g/mol. The summed E-state index contributed by atoms with van der Waals surface area (Å²) < 4.78 is 1.92. The summed E-state index contributed by atoms with van der Waals surface area (Å²) in [5.74, 6) is 0. The molecule has 0 aliphatic rings. The highest BCUT2D eigenvalue weighted by Crippen LogP contribution is 2.25. The standard InChI is InChI=1S/C12H14N4O2/c1-8-9(2)15(7-14-8)6-10-4-3-5-11(12(10)13)16(17)18/h3-5,7H,6,13H2,1-2H3. The number of nitrogen functional groups attached to an aromatic ring is 1. The van der Waals surface area contributed by atoms with E-state index < -0.39 is 4.92 Å². The molecule has 0 saturated heterocycles. The maximum absolute atomic E-state index is 10.8. The van der Waals surface area contributed by atoms with Crippen molar-refractivity contribution in [1.29, 1.82) is 0 Å². The molecule has 0 amide bonds. The number of imidazole rings is 1. The molecule has 1 aromatic heterocycles. The lowest BCUT2D eigenvalue weighted by atomic mass is 10.1. The fourth-order valence-electron chi connectivity index (χ4n) is 1.78. The Balaban J connectivity index is 2.38. The molecule has 0 atom stereocenters. The first kappa shape index (κ1) is 12.1. The van der Waals surface area contributed by atoms with Crippen molar-refractivity contribution in [2.24, 2.45) is 0 Å². The summed E-state index contributed by atoms with van der Waals surface area (Å²) in [4.78, 5) is 14.5. The third-order valence-corrected chi connectivity index (χ3v) is 3.06. The molecule has 0 aliphatic carbocycles. The molecule has 2 N–H and O–H groups in total. The predicted octanol–water partition coefficient (Wildman–Crippen LogP) is 2.04. The van der Waals surface area contributed by atoms with Gasteiger partial charge in [-0.1, -0.05) is 12.1 Å². The van der Waals surface area contributed by atoms with Gasteiger partial charge in [-0.25, -0.2) is 4.98 Å². The summed E-state index contributed by atoms with van der Waals surface area (Å²) in [6, 6.07) is 4.84. The molecule has 2 rings (SSSR count). The Morgan fingerprint density at radius 1 is 1.44 bits per heavy atom. The van der Waals surface area contributed by atoms with Crippen LogP contribution in [0.1, 0.15) is 17.0 Å². The third kappa shape index (κ3) is 2.04. The second-order valence-corrected chi connectivity index (χ2v) is 4.15. The van der Waals surface area contributed by atoms with Crippen molar-refractivity contribution < 1.29 is 4.92 Å². The number of benzene rings is 1. The normalized spacial score (nSPS) is 10.6. The lowest BCUT2D eigenvalue weighted by Crippen LogP contribution is -2.05. The second kappa shape index (κ2) is 4.48. The topological polar surface area (TPSA) is 87.0 Å². The minimum absolute atomic E-state index is 0.0537. The maximum atomic E-state index is 10.8. The van der Waals surface area contributed by atoms with Gasteiger partial charge < -0.3 is 10.3 Å². The average Bonchev–Trinajstić information content (AvgIpc) is 2.63. The van der Waals surface area contributed by atoms with Crippen molar-refractivity contribution in [3.8, 4) is 0 Å². The summed E-state index contributed by atoms with van der Waals surface area (Å²) in [6.45, 7) is 4.36. The monoisotopic (exact) mass is 246 g/mol. The zero-order valence-electron chi connectivity index (χ0n) is 10.3. The smallest absolute Gasteiger partial charge is 0.292 e. The summed E-state index contributed by atoms with van der Waals surface area (Å²) in [5.41, 5.74) is 8.67. The van der Waals surface area contributed by atoms with E-state index in [9.17, 15) is 10.1 Å². The summed E-state index contributed by atoms with van der Waals surface area (Å²) in [5, 5.41) is 10.8. The minimum Gasteiger partial charge on any atom is -0.393 e. The summed E-state index contributed by atoms with van der Waals surface area (Å²) in [7, 11) is 0. The number of aromatic nitrogens is 2. The Kier molecular flexibility index (Phi) is 3.01. The van der Waals surface area contributed by atoms with Crippen LogP contribution in [-0.4, -0.2) is 14.5 Å². The molecule has 1 heterocycles. The molecule has 0 fully saturated rings. The van der Waals surface area contributed by atoms with E-state index in [1.165, 1.54) is 6.07 Å². The van der Waals surface area contributed by atoms with Gasteiger partial charge in [0.1, 0.15) is 5.69 Å². The molecule has 6 nitrogen and oxygen atoms in total. The van der Waals surface area contributed by atoms with E-state index in [-0.39, 0.29) is 11.4 Å². The van der Waals surface area contributed by atoms with Crippen LogP contribution < -0.4 is 5.73 Å². The van der Waals surface area contributed by atoms with Gasteiger partial charge in [-0.2, -0.15) is 0 Å². The highest BCUT2D eigenvalue weighted by Gasteiger charge is 2.15. The third-order valence-electron chi connectivity index (χ3n) is 3.06. The van der Waals surface area contributed by atoms with Gasteiger partial charge in [-0.05, 0) is 13.8 Å². The number of anilines is 1. The molecule has 0 saturated carbocycles. The quantitative estimate of drug-likeness (QED) is 0.510. The molecule has 18 heavy (non-hydrogen) atoms. The number of nitro groups is 1. The number of rotatable bonds is 3. The maximum Gasteiger partial charge on any atom is 0.292 e. The fraction of sp³-hybridized carbons (Fsp3) is 0.250. The van der Waals surface area contributed by atoms with E-state index in [1.54, 1.807) is 18.5 Å². The first-order valence-electron chi connectivity index (χ1n) is 5.50. The molecular weight excluding hydrogens is 232 g/mol. The molecule has 1 aromatic carbocycles. The second-order valence-electron chi connectivity index (χ2n) is 4.15. The van der Waals surface area contributed by atoms with Gasteiger partial charge in [-0.15, -0.1) is 0 Å². The number of nitrogens with zero attached hydrogens (tertiary/aromatic N) is 3. The molecule has 0 spiro atoms. The van der Waals surface area contributed by atoms with E-state index in [2.05, 4.69) is 4.98 Å². The van der Waals surface area contributed by atoms with Crippen LogP contribution in [0.5, 0.6) is 0 Å². The van der Waals surface area contributed by atoms with E-state index >= 15 is 0 Å². The van der Waals surface area contributed by atoms with Crippen LogP contribution in [0.25, 0.3) is 0 Å². The number of nitrogens with two attached hydrogens (primary N) is 1. The summed E-state index contributed by atoms with van der Waals surface area (Å²) in [6.07, 6.45) is 1.71. The first-order chi connectivity index (χ1) is 8.50. The summed E-state index contributed by atoms with van der Waals surface area (Å²) >= 11 is 0. The van der Waals surface area contributed by atoms with Crippen molar-refractivity contribution >= 4 is 11.4 Å². The lowest BCUT2D eigenvalue weighted by molar-refractivity contribution is -0.383. The SMILES string of the molecule is Cc1ncn(Cc2cccc([N+](=O)[O-])c2N)c1C. The largest absolute Gasteiger partial charge is 0.393 e. The molecule has 0 bridgehead atoms. The van der Waals surface area contributed by atoms with Crippen LogP contribution in [0, 0.1) is 24.0 Å². The Bertz CT molecular complexity index is 604. The zero-order chi connectivity index (χ0) is 13.3. The van der Waals surface area contributed by atoms with Crippen LogP contribution in [0.2, 0.25) is 0 Å². The first-order valence-corrected chi connectivity index (χ1v) is 5.50. The van der Waals surface area contributed by atoms with Crippen molar-refractivity contribution in [1.82, 2.24) is 9.55 Å². The molecule has 94 valence electrons. The van der Waals surface area contributed by atoms with Crippen LogP contribution in [0.15, 0.2) is 24.5 Å². The Labute approximate surface area is 104 Å². The van der Waals surface area contributed by atoms with Crippen LogP contribution in [0.3, 0.4) is 0 Å². The Hall–Kier alpha value is -2.37. The van der Waals surface area contributed by atoms with Gasteiger partial charge in [0, 0.05) is 17.3 Å². The molecule has 0 aliphatic heterocycles. The van der Waals surface area contributed by atoms with Gasteiger partial charge in [-0.3, -0.25) is 10.1 Å². The van der Waals surface area contributed by atoms with Gasteiger partial charge in [0.25, 0.3) is 5.69 Å². The van der Waals surface area contributed by atoms with Crippen LogP contribution in [0.4, 0.5) is 11.4 Å². The predicted molar refractivity (Wildman–Crippen MR) is 68.3 cm³/mol. The van der Waals surface area contributed by atoms with E-state index in [0.29, 0.717) is 6.54 Å². The van der Waals surface area contributed by atoms with E-state index in [4.69, 9.17) is 5.73 Å².